The molecular weight excluding hydrogens is 264 g/mol. The number of hydrogen-bond donors (Lipinski definition) is 2. The second-order valence-corrected chi connectivity index (χ2v) is 6.37. The van der Waals surface area contributed by atoms with Crippen LogP contribution in [0.25, 0.3) is 0 Å². The number of nitrogens with two attached hydrogens (primary N) is 1. The number of hydrogen-bond acceptors (Lipinski definition) is 4. The van der Waals surface area contributed by atoms with Crippen molar-refractivity contribution >= 4 is 23.0 Å². The Bertz CT molecular complexity index is 555. The summed E-state index contributed by atoms with van der Waals surface area (Å²) in [4.78, 5) is 16.2. The fraction of sp³-hybridized carbons (Fsp3) is 0.562. The highest BCUT2D eigenvalue weighted by Gasteiger charge is 2.28. The number of rotatable bonds is 3. The van der Waals surface area contributed by atoms with Crippen LogP contribution >= 0.6 is 0 Å². The molecule has 3 N–H and O–H groups in total. The van der Waals surface area contributed by atoms with Crippen LogP contribution in [0, 0.1) is 0 Å². The van der Waals surface area contributed by atoms with Crippen LogP contribution in [-0.2, 0) is 11.2 Å². The monoisotopic (exact) mass is 288 g/mol. The maximum Gasteiger partial charge on any atom is 0.224 e. The zero-order valence-corrected chi connectivity index (χ0v) is 12.9. The van der Waals surface area contributed by atoms with Crippen molar-refractivity contribution in [2.24, 2.45) is 0 Å². The Morgan fingerprint density at radius 3 is 2.95 bits per heavy atom. The first-order chi connectivity index (χ1) is 10.0. The average Bonchev–Trinajstić information content (AvgIpc) is 2.85. The summed E-state index contributed by atoms with van der Waals surface area (Å²) in [6, 6.07) is 4.63. The van der Waals surface area contributed by atoms with Gasteiger partial charge in [0.25, 0.3) is 0 Å². The van der Waals surface area contributed by atoms with Gasteiger partial charge in [-0.15, -0.1) is 0 Å². The van der Waals surface area contributed by atoms with E-state index in [-0.39, 0.29) is 5.91 Å². The second-order valence-electron chi connectivity index (χ2n) is 6.37. The highest BCUT2D eigenvalue weighted by atomic mass is 16.1. The molecule has 1 amide bonds. The molecule has 5 nitrogen and oxygen atoms in total. The van der Waals surface area contributed by atoms with Gasteiger partial charge < -0.3 is 20.9 Å². The summed E-state index contributed by atoms with van der Waals surface area (Å²) in [5, 5.41) is 2.92. The predicted molar refractivity (Wildman–Crippen MR) is 86.7 cm³/mol. The Morgan fingerprint density at radius 1 is 1.38 bits per heavy atom. The summed E-state index contributed by atoms with van der Waals surface area (Å²) in [6.07, 6.45) is 3.80. The van der Waals surface area contributed by atoms with Gasteiger partial charge in [0, 0.05) is 31.2 Å². The Balaban J connectivity index is 1.90. The molecule has 2 heterocycles. The summed E-state index contributed by atoms with van der Waals surface area (Å²) < 4.78 is 0. The summed E-state index contributed by atoms with van der Waals surface area (Å²) in [6.45, 7) is 2.11. The van der Waals surface area contributed by atoms with E-state index >= 15 is 0 Å². The van der Waals surface area contributed by atoms with Gasteiger partial charge in [-0.05, 0) is 51.1 Å². The third-order valence-electron chi connectivity index (χ3n) is 4.41. The molecule has 1 fully saturated rings. The third kappa shape index (κ3) is 2.83. The van der Waals surface area contributed by atoms with Crippen LogP contribution in [0.5, 0.6) is 0 Å². The van der Waals surface area contributed by atoms with Crippen molar-refractivity contribution in [3.63, 3.8) is 0 Å². The first-order valence-electron chi connectivity index (χ1n) is 7.68. The van der Waals surface area contributed by atoms with E-state index in [4.69, 9.17) is 5.73 Å². The molecule has 0 radical (unpaired) electrons. The topological polar surface area (TPSA) is 61.6 Å². The number of carbonyl (C=O) groups is 1. The van der Waals surface area contributed by atoms with E-state index < -0.39 is 0 Å². The maximum absolute atomic E-state index is 11.5. The third-order valence-corrected chi connectivity index (χ3v) is 4.41. The maximum atomic E-state index is 11.5. The van der Waals surface area contributed by atoms with E-state index in [1.165, 1.54) is 18.4 Å². The molecule has 21 heavy (non-hydrogen) atoms. The lowest BCUT2D eigenvalue weighted by Gasteiger charge is -2.31. The number of benzene rings is 1. The first kappa shape index (κ1) is 14.2. The van der Waals surface area contributed by atoms with E-state index in [1.54, 1.807) is 0 Å². The molecule has 1 saturated heterocycles. The van der Waals surface area contributed by atoms with Crippen molar-refractivity contribution in [2.45, 2.75) is 31.7 Å². The summed E-state index contributed by atoms with van der Waals surface area (Å²) in [5.41, 5.74) is 10.2. The number of likely N-dealkylation sites (N-methyl/N-ethyl adjacent to an activating group) is 1. The summed E-state index contributed by atoms with van der Waals surface area (Å²) >= 11 is 0. The zero-order chi connectivity index (χ0) is 15.0. The molecule has 3 rings (SSSR count). The largest absolute Gasteiger partial charge is 0.397 e. The van der Waals surface area contributed by atoms with Gasteiger partial charge in [0.15, 0.2) is 0 Å². The van der Waals surface area contributed by atoms with Crippen LogP contribution in [0.4, 0.5) is 17.1 Å². The molecule has 1 atom stereocenters. The quantitative estimate of drug-likeness (QED) is 0.831. The van der Waals surface area contributed by atoms with Crippen molar-refractivity contribution in [3.05, 3.63) is 17.7 Å². The van der Waals surface area contributed by atoms with Gasteiger partial charge in [-0.3, -0.25) is 4.79 Å². The summed E-state index contributed by atoms with van der Waals surface area (Å²) in [5.74, 6) is 0.0845. The lowest BCUT2D eigenvalue weighted by atomic mass is 10.0. The van der Waals surface area contributed by atoms with Crippen LogP contribution in [0.3, 0.4) is 0 Å². The number of fused-ring (bicyclic) bond motifs is 1. The van der Waals surface area contributed by atoms with E-state index in [1.807, 2.05) is 6.07 Å². The molecular formula is C16H24N4O. The minimum atomic E-state index is 0.0845. The number of amides is 1. The molecule has 114 valence electrons. The van der Waals surface area contributed by atoms with Crippen molar-refractivity contribution in [1.29, 1.82) is 0 Å². The molecule has 1 unspecified atom stereocenters. The molecule has 0 bridgehead atoms. The van der Waals surface area contributed by atoms with E-state index in [0.29, 0.717) is 12.5 Å². The van der Waals surface area contributed by atoms with Crippen molar-refractivity contribution in [1.82, 2.24) is 4.90 Å². The van der Waals surface area contributed by atoms with Crippen LogP contribution in [0.15, 0.2) is 12.1 Å². The lowest BCUT2D eigenvalue weighted by molar-refractivity contribution is -0.116. The van der Waals surface area contributed by atoms with Crippen molar-refractivity contribution in [2.75, 3.05) is 43.1 Å². The lowest BCUT2D eigenvalue weighted by Crippen LogP contribution is -2.38. The number of anilines is 3. The SMILES string of the molecule is CN(C)CC1CCCN1c1cc2c(cc1N)NC(=O)CC2. The van der Waals surface area contributed by atoms with E-state index in [9.17, 15) is 4.79 Å². The van der Waals surface area contributed by atoms with Gasteiger partial charge in [0.1, 0.15) is 0 Å². The van der Waals surface area contributed by atoms with Gasteiger partial charge in [0.2, 0.25) is 5.91 Å². The number of aryl methyl sites for hydroxylation is 1. The average molecular weight is 288 g/mol. The number of nitrogens with zero attached hydrogens (tertiary/aromatic N) is 2. The molecule has 2 aliphatic heterocycles. The van der Waals surface area contributed by atoms with E-state index in [2.05, 4.69) is 35.3 Å². The highest BCUT2D eigenvalue weighted by Crippen LogP contribution is 2.36. The normalized spacial score (nSPS) is 21.6. The highest BCUT2D eigenvalue weighted by molar-refractivity contribution is 5.95. The summed E-state index contributed by atoms with van der Waals surface area (Å²) in [7, 11) is 4.23. The fourth-order valence-electron chi connectivity index (χ4n) is 3.45. The van der Waals surface area contributed by atoms with Gasteiger partial charge in [-0.1, -0.05) is 0 Å². The van der Waals surface area contributed by atoms with Crippen LogP contribution < -0.4 is 16.0 Å². The minimum Gasteiger partial charge on any atom is -0.397 e. The van der Waals surface area contributed by atoms with Gasteiger partial charge >= 0.3 is 0 Å². The molecule has 2 aliphatic rings. The number of carbonyl (C=O) groups excluding carboxylic acids is 1. The van der Waals surface area contributed by atoms with Crippen LogP contribution in [-0.4, -0.2) is 44.0 Å². The van der Waals surface area contributed by atoms with Crippen LogP contribution in [0.2, 0.25) is 0 Å². The van der Waals surface area contributed by atoms with Crippen LogP contribution in [0.1, 0.15) is 24.8 Å². The zero-order valence-electron chi connectivity index (χ0n) is 12.9. The molecule has 0 aliphatic carbocycles. The standard InChI is InChI=1S/C16H24N4O/c1-19(2)10-12-4-3-7-20(12)15-8-11-5-6-16(21)18-14(11)9-13(15)17/h8-9,12H,3-7,10,17H2,1-2H3,(H,18,21). The van der Waals surface area contributed by atoms with Gasteiger partial charge in [0.05, 0.1) is 11.4 Å². The van der Waals surface area contributed by atoms with Gasteiger partial charge in [-0.25, -0.2) is 0 Å². The molecule has 0 saturated carbocycles. The first-order valence-corrected chi connectivity index (χ1v) is 7.68. The minimum absolute atomic E-state index is 0.0845. The Morgan fingerprint density at radius 2 is 2.19 bits per heavy atom. The smallest absolute Gasteiger partial charge is 0.224 e. The molecule has 1 aromatic rings. The van der Waals surface area contributed by atoms with Crippen molar-refractivity contribution < 1.29 is 4.79 Å². The number of nitrogens with one attached hydrogen (secondary N) is 1. The molecule has 5 heteroatoms. The second kappa shape index (κ2) is 5.56. The Labute approximate surface area is 126 Å². The Kier molecular flexibility index (Phi) is 3.76. The predicted octanol–water partition coefficient (Wildman–Crippen LogP) is 1.68. The number of nitrogen functional groups attached to an aromatic ring is 1. The Hall–Kier alpha value is -1.75. The fourth-order valence-corrected chi connectivity index (χ4v) is 3.45. The molecule has 1 aromatic carbocycles. The molecule has 0 aromatic heterocycles. The molecule has 0 spiro atoms. The van der Waals surface area contributed by atoms with Gasteiger partial charge in [-0.2, -0.15) is 0 Å². The van der Waals surface area contributed by atoms with E-state index in [0.717, 1.165) is 36.6 Å². The van der Waals surface area contributed by atoms with Crippen molar-refractivity contribution in [3.8, 4) is 0 Å².